The van der Waals surface area contributed by atoms with E-state index in [9.17, 15) is 9.59 Å². The standard InChI is InChI=1S/C16H24N2O4/c1-12(2)11-22-14-7-5-13(6-8-14)18-16(20)15(19)17-9-4-10-21-3/h5-8,12H,4,9-11H2,1-3H3,(H,17,19)(H,18,20). The zero-order valence-electron chi connectivity index (χ0n) is 13.3. The normalized spacial score (nSPS) is 10.4. The molecule has 0 bridgehead atoms. The minimum atomic E-state index is -0.687. The second kappa shape index (κ2) is 9.78. The molecule has 0 aliphatic rings. The van der Waals surface area contributed by atoms with E-state index >= 15 is 0 Å². The van der Waals surface area contributed by atoms with E-state index in [2.05, 4.69) is 24.5 Å². The maximum atomic E-state index is 11.7. The molecule has 6 nitrogen and oxygen atoms in total. The highest BCUT2D eigenvalue weighted by Crippen LogP contribution is 2.16. The number of amides is 2. The van der Waals surface area contributed by atoms with Crippen molar-refractivity contribution in [1.29, 1.82) is 0 Å². The van der Waals surface area contributed by atoms with Crippen molar-refractivity contribution in [1.82, 2.24) is 5.32 Å². The van der Waals surface area contributed by atoms with Crippen LogP contribution < -0.4 is 15.4 Å². The van der Waals surface area contributed by atoms with Crippen LogP contribution in [0.1, 0.15) is 20.3 Å². The summed E-state index contributed by atoms with van der Waals surface area (Å²) in [4.78, 5) is 23.3. The number of carbonyl (C=O) groups excluding carboxylic acids is 2. The number of anilines is 1. The van der Waals surface area contributed by atoms with Gasteiger partial charge in [0.1, 0.15) is 5.75 Å². The summed E-state index contributed by atoms with van der Waals surface area (Å²) in [5.74, 6) is -0.165. The zero-order chi connectivity index (χ0) is 16.4. The fourth-order valence-electron chi connectivity index (χ4n) is 1.58. The number of rotatable bonds is 8. The van der Waals surface area contributed by atoms with E-state index < -0.39 is 11.8 Å². The Morgan fingerprint density at radius 3 is 2.41 bits per heavy atom. The number of benzene rings is 1. The summed E-state index contributed by atoms with van der Waals surface area (Å²) in [6.45, 7) is 5.72. The topological polar surface area (TPSA) is 76.7 Å². The Labute approximate surface area is 131 Å². The first-order valence-corrected chi connectivity index (χ1v) is 7.34. The number of nitrogens with one attached hydrogen (secondary N) is 2. The van der Waals surface area contributed by atoms with Gasteiger partial charge in [-0.3, -0.25) is 9.59 Å². The number of ether oxygens (including phenoxy) is 2. The van der Waals surface area contributed by atoms with Crippen LogP contribution in [0.4, 0.5) is 5.69 Å². The third kappa shape index (κ3) is 7.08. The van der Waals surface area contributed by atoms with Crippen molar-refractivity contribution in [3.05, 3.63) is 24.3 Å². The first kappa shape index (κ1) is 18.0. The van der Waals surface area contributed by atoms with Gasteiger partial charge in [-0.05, 0) is 36.6 Å². The van der Waals surface area contributed by atoms with Gasteiger partial charge < -0.3 is 20.1 Å². The quantitative estimate of drug-likeness (QED) is 0.567. The van der Waals surface area contributed by atoms with Crippen LogP contribution in [0.15, 0.2) is 24.3 Å². The fraction of sp³-hybridized carbons (Fsp3) is 0.500. The van der Waals surface area contributed by atoms with E-state index in [4.69, 9.17) is 9.47 Å². The van der Waals surface area contributed by atoms with Gasteiger partial charge in [0.15, 0.2) is 0 Å². The highest BCUT2D eigenvalue weighted by Gasteiger charge is 2.12. The van der Waals surface area contributed by atoms with Gasteiger partial charge in [0, 0.05) is 25.9 Å². The molecule has 0 spiro atoms. The highest BCUT2D eigenvalue weighted by atomic mass is 16.5. The monoisotopic (exact) mass is 308 g/mol. The average molecular weight is 308 g/mol. The molecule has 2 amide bonds. The van der Waals surface area contributed by atoms with Gasteiger partial charge in [-0.2, -0.15) is 0 Å². The second-order valence-corrected chi connectivity index (χ2v) is 5.29. The Hall–Kier alpha value is -2.08. The Morgan fingerprint density at radius 1 is 1.14 bits per heavy atom. The molecule has 0 saturated carbocycles. The SMILES string of the molecule is COCCCNC(=O)C(=O)Nc1ccc(OCC(C)C)cc1. The minimum absolute atomic E-state index is 0.405. The lowest BCUT2D eigenvalue weighted by atomic mass is 10.2. The van der Waals surface area contributed by atoms with E-state index in [0.717, 1.165) is 5.75 Å². The van der Waals surface area contributed by atoms with Crippen LogP contribution in [0.25, 0.3) is 0 Å². The third-order valence-corrected chi connectivity index (χ3v) is 2.71. The van der Waals surface area contributed by atoms with Gasteiger partial charge in [0.05, 0.1) is 6.61 Å². The highest BCUT2D eigenvalue weighted by molar-refractivity contribution is 6.39. The molecule has 2 N–H and O–H groups in total. The van der Waals surface area contributed by atoms with Crippen molar-refractivity contribution in [2.75, 3.05) is 32.2 Å². The van der Waals surface area contributed by atoms with Crippen LogP contribution in [0.3, 0.4) is 0 Å². The average Bonchev–Trinajstić information content (AvgIpc) is 2.50. The fourth-order valence-corrected chi connectivity index (χ4v) is 1.58. The predicted octanol–water partition coefficient (Wildman–Crippen LogP) is 1.81. The van der Waals surface area contributed by atoms with Crippen LogP contribution in [0.2, 0.25) is 0 Å². The molecule has 122 valence electrons. The van der Waals surface area contributed by atoms with Crippen LogP contribution in [0.5, 0.6) is 5.75 Å². The van der Waals surface area contributed by atoms with Crippen molar-refractivity contribution in [3.8, 4) is 5.75 Å². The Bertz CT molecular complexity index is 472. The van der Waals surface area contributed by atoms with E-state index in [-0.39, 0.29) is 0 Å². The summed E-state index contributed by atoms with van der Waals surface area (Å²) in [5.41, 5.74) is 0.550. The third-order valence-electron chi connectivity index (χ3n) is 2.71. The summed E-state index contributed by atoms with van der Waals surface area (Å²) in [5, 5.41) is 5.06. The van der Waals surface area contributed by atoms with E-state index in [1.807, 2.05) is 0 Å². The molecular weight excluding hydrogens is 284 g/mol. The Morgan fingerprint density at radius 2 is 1.82 bits per heavy atom. The molecule has 0 fully saturated rings. The molecule has 6 heteroatoms. The van der Waals surface area contributed by atoms with Crippen LogP contribution in [-0.4, -0.2) is 38.7 Å². The smallest absolute Gasteiger partial charge is 0.313 e. The van der Waals surface area contributed by atoms with Crippen molar-refractivity contribution >= 4 is 17.5 Å². The van der Waals surface area contributed by atoms with E-state index in [0.29, 0.717) is 37.8 Å². The molecular formula is C16H24N2O4. The van der Waals surface area contributed by atoms with Gasteiger partial charge >= 0.3 is 11.8 Å². The van der Waals surface area contributed by atoms with Crippen LogP contribution in [-0.2, 0) is 14.3 Å². The van der Waals surface area contributed by atoms with Crippen molar-refractivity contribution in [2.24, 2.45) is 5.92 Å². The summed E-state index contributed by atoms with van der Waals surface area (Å²) in [6.07, 6.45) is 0.664. The number of carbonyl (C=O) groups is 2. The number of hydrogen-bond acceptors (Lipinski definition) is 4. The molecule has 0 radical (unpaired) electrons. The van der Waals surface area contributed by atoms with Crippen LogP contribution >= 0.6 is 0 Å². The molecule has 0 unspecified atom stereocenters. The maximum absolute atomic E-state index is 11.7. The van der Waals surface area contributed by atoms with Gasteiger partial charge in [-0.25, -0.2) is 0 Å². The van der Waals surface area contributed by atoms with Crippen LogP contribution in [0, 0.1) is 5.92 Å². The first-order chi connectivity index (χ1) is 10.5. The largest absolute Gasteiger partial charge is 0.493 e. The lowest BCUT2D eigenvalue weighted by Gasteiger charge is -2.10. The van der Waals surface area contributed by atoms with Gasteiger partial charge in [-0.1, -0.05) is 13.8 Å². The summed E-state index contributed by atoms with van der Waals surface area (Å²) in [6, 6.07) is 6.92. The van der Waals surface area contributed by atoms with Crippen molar-refractivity contribution in [3.63, 3.8) is 0 Å². The maximum Gasteiger partial charge on any atom is 0.313 e. The predicted molar refractivity (Wildman–Crippen MR) is 84.9 cm³/mol. The number of methoxy groups -OCH3 is 1. The Kier molecular flexibility index (Phi) is 7.99. The lowest BCUT2D eigenvalue weighted by Crippen LogP contribution is -2.36. The minimum Gasteiger partial charge on any atom is -0.493 e. The molecule has 1 rings (SSSR count). The molecule has 0 aromatic heterocycles. The summed E-state index contributed by atoms with van der Waals surface area (Å²) >= 11 is 0. The molecule has 0 atom stereocenters. The summed E-state index contributed by atoms with van der Waals surface area (Å²) < 4.78 is 10.4. The van der Waals surface area contributed by atoms with Crippen molar-refractivity contribution in [2.45, 2.75) is 20.3 Å². The molecule has 0 aliphatic carbocycles. The Balaban J connectivity index is 2.39. The first-order valence-electron chi connectivity index (χ1n) is 7.34. The molecule has 0 saturated heterocycles. The van der Waals surface area contributed by atoms with Gasteiger partial charge in [-0.15, -0.1) is 0 Å². The van der Waals surface area contributed by atoms with Gasteiger partial charge in [0.25, 0.3) is 0 Å². The zero-order valence-corrected chi connectivity index (χ0v) is 13.3. The van der Waals surface area contributed by atoms with E-state index in [1.165, 1.54) is 0 Å². The molecule has 0 heterocycles. The lowest BCUT2D eigenvalue weighted by molar-refractivity contribution is -0.136. The number of hydrogen-bond donors (Lipinski definition) is 2. The molecule has 1 aromatic rings. The second-order valence-electron chi connectivity index (χ2n) is 5.29. The van der Waals surface area contributed by atoms with Crippen molar-refractivity contribution < 1.29 is 19.1 Å². The molecule has 22 heavy (non-hydrogen) atoms. The summed E-state index contributed by atoms with van der Waals surface area (Å²) in [7, 11) is 1.59. The molecule has 0 aliphatic heterocycles. The van der Waals surface area contributed by atoms with Gasteiger partial charge in [0.2, 0.25) is 0 Å². The van der Waals surface area contributed by atoms with E-state index in [1.54, 1.807) is 31.4 Å². The molecule has 1 aromatic carbocycles.